The highest BCUT2D eigenvalue weighted by molar-refractivity contribution is 6.21. The summed E-state index contributed by atoms with van der Waals surface area (Å²) in [5.74, 6) is 0. The molecule has 3 nitrogen and oxygen atoms in total. The molecule has 0 fully saturated rings. The Morgan fingerprint density at radius 1 is 0.360 bits per heavy atom. The largest absolute Gasteiger partial charge is 0.455 e. The van der Waals surface area contributed by atoms with Crippen LogP contribution in [-0.2, 0) is 32.5 Å². The van der Waals surface area contributed by atoms with E-state index in [1.165, 1.54) is 72.1 Å². The van der Waals surface area contributed by atoms with E-state index in [1.807, 2.05) is 13.8 Å². The normalized spacial score (nSPS) is 14.5. The maximum atomic E-state index is 7.17. The quantitative estimate of drug-likeness (QED) is 0.166. The number of para-hydroxylation sites is 1. The number of furan rings is 1. The molecule has 2 aliphatic rings. The molecule has 2 aliphatic carbocycles. The monoisotopic (exact) mass is 989 g/mol. The van der Waals surface area contributed by atoms with Crippen LogP contribution in [0, 0.1) is 0 Å². The summed E-state index contributed by atoms with van der Waals surface area (Å²) < 4.78 is 7.17. The van der Waals surface area contributed by atoms with Gasteiger partial charge in [-0.1, -0.05) is 203 Å². The molecule has 1 heterocycles. The number of fused-ring (bicyclic) bond motifs is 12. The number of rotatable bonds is 6. The lowest BCUT2D eigenvalue weighted by Gasteiger charge is -2.32. The first kappa shape index (κ1) is 51.6. The lowest BCUT2D eigenvalue weighted by molar-refractivity contribution is 0.590. The molecule has 0 saturated heterocycles. The lowest BCUT2D eigenvalue weighted by atomic mass is 9.72. The van der Waals surface area contributed by atoms with E-state index in [4.69, 9.17) is 4.42 Å². The Balaban J connectivity index is 0.00000317. The van der Waals surface area contributed by atoms with Gasteiger partial charge >= 0.3 is 0 Å². The molecule has 8 aromatic carbocycles. The fraction of sp³-hybridized carbons (Fsp3) is 0.333. The second-order valence-corrected chi connectivity index (χ2v) is 26.4. The zero-order valence-corrected chi connectivity index (χ0v) is 48.3. The van der Waals surface area contributed by atoms with E-state index in [0.29, 0.717) is 0 Å². The van der Waals surface area contributed by atoms with Gasteiger partial charge in [0.1, 0.15) is 11.2 Å². The van der Waals surface area contributed by atoms with Crippen molar-refractivity contribution in [3.05, 3.63) is 202 Å². The van der Waals surface area contributed by atoms with Crippen molar-refractivity contribution >= 4 is 56.1 Å². The molecule has 0 aliphatic heterocycles. The summed E-state index contributed by atoms with van der Waals surface area (Å²) in [4.78, 5) is 4.89. The fourth-order valence-corrected chi connectivity index (χ4v) is 12.2. The van der Waals surface area contributed by atoms with Crippen LogP contribution in [0.2, 0.25) is 0 Å². The van der Waals surface area contributed by atoms with Gasteiger partial charge in [-0.15, -0.1) is 0 Å². The van der Waals surface area contributed by atoms with Crippen molar-refractivity contribution in [3.63, 3.8) is 0 Å². The van der Waals surface area contributed by atoms with Crippen LogP contribution in [0.15, 0.2) is 162 Å². The van der Waals surface area contributed by atoms with Crippen LogP contribution in [0.25, 0.3) is 44.2 Å². The molecule has 11 rings (SSSR count). The summed E-state index contributed by atoms with van der Waals surface area (Å²) in [6.07, 6.45) is 0. The average Bonchev–Trinajstić information content (AvgIpc) is 3.94. The molecular weight excluding hydrogens is 909 g/mol. The smallest absolute Gasteiger partial charge is 0.144 e. The molecule has 0 radical (unpaired) electrons. The molecular formula is C72H80N2O. The maximum Gasteiger partial charge on any atom is 0.144 e. The molecule has 0 unspecified atom stereocenters. The molecule has 0 spiro atoms. The van der Waals surface area contributed by atoms with Crippen LogP contribution in [-0.4, -0.2) is 0 Å². The summed E-state index contributed by atoms with van der Waals surface area (Å²) >= 11 is 0. The molecule has 0 atom stereocenters. The standard InChI is InChI=1S/C70H74N2O.C2H6/c1-65(2,3)43-21-29-47(30-22-43)71(48-31-23-44(24-32-48)66(4,5)6)51-37-39-53-56(41-51)69(13,14)62-59(53)60-55-19-17-18-20-58(55)73-64(60)61-54-40-38-52(42-57(54)70(15,16)63(61)62)72(49-33-25-45(26-34-49)67(7,8)9)50-35-27-46(28-36-50)68(10,11)12;1-2/h17-42H,1-16H3;1-2H3. The summed E-state index contributed by atoms with van der Waals surface area (Å²) in [6.45, 7) is 41.3. The minimum atomic E-state index is -0.368. The Morgan fingerprint density at radius 3 is 1.01 bits per heavy atom. The summed E-state index contributed by atoms with van der Waals surface area (Å²) in [7, 11) is 0. The SMILES string of the molecule is CC.CC(C)(C)c1ccc(N(c2ccc(C(C)(C)C)cc2)c2ccc3c(c2)C(C)(C)c2c4c(c5c(oc6ccccc65)c2-3)-c2ccc(N(c3ccc(C(C)(C)C)cc3)c3ccc(C(C)(C)C)cc3)cc2C4(C)C)cc1. The molecule has 9 aromatic rings. The van der Waals surface area contributed by atoms with Gasteiger partial charge in [0.2, 0.25) is 0 Å². The van der Waals surface area contributed by atoms with Gasteiger partial charge in [0.15, 0.2) is 0 Å². The highest BCUT2D eigenvalue weighted by atomic mass is 16.3. The van der Waals surface area contributed by atoms with Gasteiger partial charge in [-0.25, -0.2) is 0 Å². The first-order chi connectivity index (χ1) is 35.2. The zero-order valence-electron chi connectivity index (χ0n) is 48.3. The van der Waals surface area contributed by atoms with E-state index in [2.05, 4.69) is 278 Å². The van der Waals surface area contributed by atoms with Crippen LogP contribution < -0.4 is 9.80 Å². The van der Waals surface area contributed by atoms with E-state index in [9.17, 15) is 0 Å². The third kappa shape index (κ3) is 8.59. The first-order valence-electron chi connectivity index (χ1n) is 27.6. The molecule has 1 aromatic heterocycles. The highest BCUT2D eigenvalue weighted by Gasteiger charge is 2.49. The average molecular weight is 989 g/mol. The van der Waals surface area contributed by atoms with E-state index in [-0.39, 0.29) is 32.5 Å². The van der Waals surface area contributed by atoms with Crippen LogP contribution in [0.5, 0.6) is 0 Å². The van der Waals surface area contributed by atoms with E-state index < -0.39 is 0 Å². The third-order valence-electron chi connectivity index (χ3n) is 16.4. The second kappa shape index (κ2) is 17.9. The Hall–Kier alpha value is -6.84. The Morgan fingerprint density at radius 2 is 0.667 bits per heavy atom. The van der Waals surface area contributed by atoms with Crippen molar-refractivity contribution in [3.8, 4) is 22.3 Å². The van der Waals surface area contributed by atoms with E-state index in [1.54, 1.807) is 0 Å². The molecule has 0 amide bonds. The number of benzene rings is 8. The predicted octanol–water partition coefficient (Wildman–Crippen LogP) is 21.4. The molecule has 3 heteroatoms. The van der Waals surface area contributed by atoms with Gasteiger partial charge in [0.25, 0.3) is 0 Å². The van der Waals surface area contributed by atoms with Crippen molar-refractivity contribution in [1.29, 1.82) is 0 Å². The molecule has 0 bridgehead atoms. The predicted molar refractivity (Wildman–Crippen MR) is 324 cm³/mol. The number of nitrogens with zero attached hydrogens (tertiary/aromatic N) is 2. The number of anilines is 6. The van der Waals surface area contributed by atoms with Crippen molar-refractivity contribution in [2.75, 3.05) is 9.80 Å². The van der Waals surface area contributed by atoms with Gasteiger partial charge in [0, 0.05) is 61.3 Å². The zero-order chi connectivity index (χ0) is 53.9. The van der Waals surface area contributed by atoms with Gasteiger partial charge in [0.05, 0.1) is 0 Å². The molecule has 75 heavy (non-hydrogen) atoms. The summed E-state index contributed by atoms with van der Waals surface area (Å²) in [6, 6.07) is 60.0. The topological polar surface area (TPSA) is 19.6 Å². The summed E-state index contributed by atoms with van der Waals surface area (Å²) in [5.41, 5.74) is 24.0. The molecule has 0 saturated carbocycles. The molecule has 384 valence electrons. The van der Waals surface area contributed by atoms with Crippen LogP contribution in [0.3, 0.4) is 0 Å². The van der Waals surface area contributed by atoms with Crippen LogP contribution >= 0.6 is 0 Å². The van der Waals surface area contributed by atoms with Gasteiger partial charge in [-0.2, -0.15) is 0 Å². The third-order valence-corrected chi connectivity index (χ3v) is 16.4. The minimum Gasteiger partial charge on any atom is -0.455 e. The van der Waals surface area contributed by atoms with Crippen molar-refractivity contribution in [2.45, 2.75) is 157 Å². The Kier molecular flexibility index (Phi) is 12.3. The van der Waals surface area contributed by atoms with Gasteiger partial charge < -0.3 is 14.2 Å². The van der Waals surface area contributed by atoms with Crippen molar-refractivity contribution in [2.24, 2.45) is 0 Å². The van der Waals surface area contributed by atoms with Gasteiger partial charge in [-0.3, -0.25) is 0 Å². The Labute approximate surface area is 449 Å². The number of hydrogen-bond acceptors (Lipinski definition) is 3. The summed E-state index contributed by atoms with van der Waals surface area (Å²) in [5, 5.41) is 2.37. The van der Waals surface area contributed by atoms with Crippen molar-refractivity contribution < 1.29 is 4.42 Å². The van der Waals surface area contributed by atoms with E-state index in [0.717, 1.165) is 50.7 Å². The lowest BCUT2D eigenvalue weighted by Crippen LogP contribution is -2.24. The fourth-order valence-electron chi connectivity index (χ4n) is 12.2. The first-order valence-corrected chi connectivity index (χ1v) is 27.6. The van der Waals surface area contributed by atoms with E-state index >= 15 is 0 Å². The van der Waals surface area contributed by atoms with Crippen LogP contribution in [0.1, 0.15) is 169 Å². The minimum absolute atomic E-state index is 0.0501. The second-order valence-electron chi connectivity index (χ2n) is 26.4. The maximum absolute atomic E-state index is 7.17. The highest BCUT2D eigenvalue weighted by Crippen LogP contribution is 2.64. The van der Waals surface area contributed by atoms with Gasteiger partial charge in [-0.05, 0) is 162 Å². The van der Waals surface area contributed by atoms with Crippen LogP contribution in [0.4, 0.5) is 34.1 Å². The van der Waals surface area contributed by atoms with Crippen molar-refractivity contribution in [1.82, 2.24) is 0 Å². The molecule has 0 N–H and O–H groups in total. The number of hydrogen-bond donors (Lipinski definition) is 0. The Bertz CT molecular complexity index is 3490.